The lowest BCUT2D eigenvalue weighted by molar-refractivity contribution is -0.126. The summed E-state index contributed by atoms with van der Waals surface area (Å²) in [7, 11) is 0. The van der Waals surface area contributed by atoms with E-state index in [4.69, 9.17) is 0 Å². The van der Waals surface area contributed by atoms with E-state index in [0.29, 0.717) is 18.3 Å². The van der Waals surface area contributed by atoms with Crippen molar-refractivity contribution in [1.82, 2.24) is 30.2 Å². The molecule has 2 atom stereocenters. The van der Waals surface area contributed by atoms with Crippen molar-refractivity contribution >= 4 is 17.5 Å². The monoisotopic (exact) mass is 443 g/mol. The van der Waals surface area contributed by atoms with E-state index < -0.39 is 0 Å². The van der Waals surface area contributed by atoms with Crippen LogP contribution in [0.3, 0.4) is 0 Å². The fourth-order valence-corrected chi connectivity index (χ4v) is 4.61. The van der Waals surface area contributed by atoms with Crippen molar-refractivity contribution in [2.45, 2.75) is 32.1 Å². The summed E-state index contributed by atoms with van der Waals surface area (Å²) in [6.07, 6.45) is 8.05. The number of pyridine rings is 1. The number of piperidine rings is 1. The van der Waals surface area contributed by atoms with Gasteiger partial charge in [-0.15, -0.1) is 0 Å². The van der Waals surface area contributed by atoms with Gasteiger partial charge in [0, 0.05) is 36.2 Å². The molecule has 1 amide bonds. The molecule has 1 saturated heterocycles. The van der Waals surface area contributed by atoms with Gasteiger partial charge in [0.2, 0.25) is 11.9 Å². The summed E-state index contributed by atoms with van der Waals surface area (Å²) in [6.45, 7) is 3.51. The molecule has 1 fully saturated rings. The third-order valence-electron chi connectivity index (χ3n) is 6.33. The second-order valence-electron chi connectivity index (χ2n) is 8.78. The van der Waals surface area contributed by atoms with Crippen LogP contribution in [-0.4, -0.2) is 56.9 Å². The first kappa shape index (κ1) is 21.5. The summed E-state index contributed by atoms with van der Waals surface area (Å²) in [6, 6.07) is 12.1. The zero-order valence-electron chi connectivity index (χ0n) is 18.7. The fraction of sp³-hybridized carbons (Fsp3) is 0.400. The predicted octanol–water partition coefficient (Wildman–Crippen LogP) is 2.99. The smallest absolute Gasteiger partial charge is 0.230 e. The van der Waals surface area contributed by atoms with Gasteiger partial charge in [-0.25, -0.2) is 9.97 Å². The second-order valence-corrected chi connectivity index (χ2v) is 8.78. The second kappa shape index (κ2) is 10.0. The molecule has 2 aliphatic heterocycles. The van der Waals surface area contributed by atoms with Crippen molar-refractivity contribution < 1.29 is 4.79 Å². The number of fused-ring (bicyclic) bond motifs is 9. The van der Waals surface area contributed by atoms with Gasteiger partial charge < -0.3 is 15.5 Å². The molecule has 4 heterocycles. The van der Waals surface area contributed by atoms with Crippen LogP contribution < -0.4 is 10.6 Å². The maximum atomic E-state index is 12.8. The van der Waals surface area contributed by atoms with Crippen LogP contribution in [0.5, 0.6) is 0 Å². The average Bonchev–Trinajstić information content (AvgIpc) is 2.84. The zero-order valence-corrected chi connectivity index (χ0v) is 18.7. The van der Waals surface area contributed by atoms with E-state index >= 15 is 0 Å². The largest absolute Gasteiger partial charge is 0.355 e. The van der Waals surface area contributed by atoms with Crippen LogP contribution >= 0.6 is 0 Å². The number of carbonyl (C=O) groups excluding carboxylic acids is 1. The Morgan fingerprint density at radius 1 is 1.00 bits per heavy atom. The first-order valence-electron chi connectivity index (χ1n) is 11.7. The standard InChI is InChI=1S/C25H29N7O/c33-24-20-5-2-12-32(16-20)13-3-7-21-15-19(9-11-26-21)23-28-17-29-25(31-23)30-22-6-1-4-18(14-22)8-10-27-24/h1,4,6,9,11,14-15,17,20H,2-3,5,7-8,10,12-13,16H2,(H,27,33)(H,28,29,30,31). The lowest BCUT2D eigenvalue weighted by atomic mass is 9.96. The number of aromatic nitrogens is 4. The van der Waals surface area contributed by atoms with Gasteiger partial charge in [-0.3, -0.25) is 9.78 Å². The van der Waals surface area contributed by atoms with Crippen LogP contribution in [0.2, 0.25) is 0 Å². The molecule has 8 bridgehead atoms. The van der Waals surface area contributed by atoms with Crippen molar-refractivity contribution in [2.75, 3.05) is 31.5 Å². The van der Waals surface area contributed by atoms with Gasteiger partial charge in [-0.1, -0.05) is 12.1 Å². The molecular weight excluding hydrogens is 414 g/mol. The summed E-state index contributed by atoms with van der Waals surface area (Å²) < 4.78 is 0. The Morgan fingerprint density at radius 3 is 2.91 bits per heavy atom. The summed E-state index contributed by atoms with van der Waals surface area (Å²) >= 11 is 0. The third kappa shape index (κ3) is 5.51. The van der Waals surface area contributed by atoms with E-state index in [9.17, 15) is 4.79 Å². The first-order valence-corrected chi connectivity index (χ1v) is 11.7. The fourth-order valence-electron chi connectivity index (χ4n) is 4.61. The predicted molar refractivity (Wildman–Crippen MR) is 127 cm³/mol. The highest BCUT2D eigenvalue weighted by Crippen LogP contribution is 2.21. The normalized spacial score (nSPS) is 21.4. The molecule has 5 rings (SSSR count). The Morgan fingerprint density at radius 2 is 1.94 bits per heavy atom. The molecule has 8 nitrogen and oxygen atoms in total. The third-order valence-corrected chi connectivity index (χ3v) is 6.33. The van der Waals surface area contributed by atoms with Crippen LogP contribution in [0.4, 0.5) is 11.6 Å². The van der Waals surface area contributed by atoms with Gasteiger partial charge >= 0.3 is 0 Å². The number of hydrogen-bond donors (Lipinski definition) is 2. The summed E-state index contributed by atoms with van der Waals surface area (Å²) in [5, 5.41) is 6.43. The molecule has 8 heteroatoms. The Labute approximate surface area is 193 Å². The molecule has 33 heavy (non-hydrogen) atoms. The first-order chi connectivity index (χ1) is 16.2. The number of rotatable bonds is 0. The van der Waals surface area contributed by atoms with Gasteiger partial charge in [0.1, 0.15) is 6.33 Å². The van der Waals surface area contributed by atoms with Gasteiger partial charge in [0.15, 0.2) is 5.82 Å². The number of hydrogen-bond acceptors (Lipinski definition) is 7. The van der Waals surface area contributed by atoms with E-state index in [2.05, 4.69) is 53.7 Å². The minimum atomic E-state index is 0.0760. The quantitative estimate of drug-likeness (QED) is 0.551. The Kier molecular flexibility index (Phi) is 6.53. The number of benzene rings is 1. The zero-order chi connectivity index (χ0) is 22.5. The van der Waals surface area contributed by atoms with E-state index in [1.54, 1.807) is 0 Å². The lowest BCUT2D eigenvalue weighted by Crippen LogP contribution is -2.43. The highest BCUT2D eigenvalue weighted by atomic mass is 16.1. The average molecular weight is 444 g/mol. The topological polar surface area (TPSA) is 95.9 Å². The van der Waals surface area contributed by atoms with Crippen LogP contribution in [0, 0.1) is 5.92 Å². The lowest BCUT2D eigenvalue weighted by Gasteiger charge is -2.32. The van der Waals surface area contributed by atoms with Gasteiger partial charge in [-0.05, 0) is 75.0 Å². The van der Waals surface area contributed by atoms with Crippen molar-refractivity contribution in [3.05, 3.63) is 60.2 Å². The van der Waals surface area contributed by atoms with E-state index in [1.807, 2.05) is 24.4 Å². The van der Waals surface area contributed by atoms with Crippen LogP contribution in [0.15, 0.2) is 48.9 Å². The summed E-state index contributed by atoms with van der Waals surface area (Å²) in [5.74, 6) is 1.38. The Hall–Kier alpha value is -3.39. The van der Waals surface area contributed by atoms with E-state index in [0.717, 1.165) is 74.2 Å². The van der Waals surface area contributed by atoms with Gasteiger partial charge in [0.05, 0.1) is 5.92 Å². The number of anilines is 2. The maximum Gasteiger partial charge on any atom is 0.230 e. The molecule has 0 spiro atoms. The molecule has 2 N–H and O–H groups in total. The Balaban J connectivity index is 1.41. The van der Waals surface area contributed by atoms with Gasteiger partial charge in [0.25, 0.3) is 0 Å². The minimum absolute atomic E-state index is 0.0760. The molecular formula is C25H29N7O. The molecule has 3 aromatic rings. The van der Waals surface area contributed by atoms with Crippen molar-refractivity contribution in [3.8, 4) is 11.4 Å². The molecule has 2 aromatic heterocycles. The number of nitrogens with zero attached hydrogens (tertiary/aromatic N) is 5. The highest BCUT2D eigenvalue weighted by molar-refractivity contribution is 5.79. The Bertz CT molecular complexity index is 1120. The molecule has 2 aliphatic rings. The van der Waals surface area contributed by atoms with Crippen LogP contribution in [-0.2, 0) is 17.6 Å². The SMILES string of the molecule is O=C1NCCc2cccc(c2)Nc2ncnc(n2)-c2ccnc(c2)CCCN2CCCC1C2. The minimum Gasteiger partial charge on any atom is -0.355 e. The van der Waals surface area contributed by atoms with Crippen LogP contribution in [0.25, 0.3) is 11.4 Å². The van der Waals surface area contributed by atoms with E-state index in [-0.39, 0.29) is 11.8 Å². The molecule has 0 aliphatic carbocycles. The molecule has 0 saturated carbocycles. The maximum absolute atomic E-state index is 12.8. The van der Waals surface area contributed by atoms with Gasteiger partial charge in [-0.2, -0.15) is 4.98 Å². The number of nitrogens with one attached hydrogen (secondary N) is 2. The van der Waals surface area contributed by atoms with E-state index in [1.165, 1.54) is 6.33 Å². The van der Waals surface area contributed by atoms with Crippen molar-refractivity contribution in [2.24, 2.45) is 5.92 Å². The van der Waals surface area contributed by atoms with Crippen LogP contribution in [0.1, 0.15) is 30.5 Å². The number of amides is 1. The highest BCUT2D eigenvalue weighted by Gasteiger charge is 2.25. The summed E-state index contributed by atoms with van der Waals surface area (Å²) in [5.41, 5.74) is 4.01. The molecule has 2 unspecified atom stereocenters. The van der Waals surface area contributed by atoms with Crippen molar-refractivity contribution in [3.63, 3.8) is 0 Å². The summed E-state index contributed by atoms with van der Waals surface area (Å²) in [4.78, 5) is 33.0. The molecule has 170 valence electrons. The molecule has 0 radical (unpaired) electrons. The molecule has 1 aromatic carbocycles. The van der Waals surface area contributed by atoms with Crippen molar-refractivity contribution in [1.29, 1.82) is 0 Å². The number of aryl methyl sites for hydroxylation is 1. The number of carbonyl (C=O) groups is 1.